The van der Waals surface area contributed by atoms with Crippen LogP contribution in [0.25, 0.3) is 0 Å². The third-order valence-corrected chi connectivity index (χ3v) is 4.13. The van der Waals surface area contributed by atoms with Crippen molar-refractivity contribution in [1.82, 2.24) is 0 Å². The minimum absolute atomic E-state index is 0.0109. The number of ether oxygens (including phenoxy) is 1. The molecule has 0 amide bonds. The molecule has 96 valence electrons. The molecule has 18 heavy (non-hydrogen) atoms. The highest BCUT2D eigenvalue weighted by atomic mass is 19.1. The molecule has 2 aliphatic rings. The van der Waals surface area contributed by atoms with E-state index in [0.29, 0.717) is 5.56 Å². The van der Waals surface area contributed by atoms with Gasteiger partial charge in [-0.3, -0.25) is 4.79 Å². The second-order valence-corrected chi connectivity index (χ2v) is 5.45. The van der Waals surface area contributed by atoms with Gasteiger partial charge in [-0.15, -0.1) is 0 Å². The van der Waals surface area contributed by atoms with E-state index in [2.05, 4.69) is 0 Å². The number of carbonyl (C=O) groups excluding carboxylic acids is 1. The summed E-state index contributed by atoms with van der Waals surface area (Å²) in [5, 5.41) is 0. The maximum atomic E-state index is 13.3. The van der Waals surface area contributed by atoms with Crippen LogP contribution in [0, 0.1) is 18.7 Å². The molecule has 2 atom stereocenters. The topological polar surface area (TPSA) is 26.3 Å². The van der Waals surface area contributed by atoms with Gasteiger partial charge in [-0.25, -0.2) is 4.39 Å². The van der Waals surface area contributed by atoms with E-state index >= 15 is 0 Å². The van der Waals surface area contributed by atoms with Gasteiger partial charge in [0.1, 0.15) is 5.82 Å². The first-order chi connectivity index (χ1) is 8.63. The summed E-state index contributed by atoms with van der Waals surface area (Å²) in [6, 6.07) is 4.45. The summed E-state index contributed by atoms with van der Waals surface area (Å²) < 4.78 is 19.0. The molecular weight excluding hydrogens is 231 g/mol. The van der Waals surface area contributed by atoms with Gasteiger partial charge in [0.05, 0.1) is 12.2 Å². The van der Waals surface area contributed by atoms with Crippen LogP contribution < -0.4 is 0 Å². The zero-order chi connectivity index (χ0) is 12.7. The number of benzene rings is 1. The molecule has 3 heteroatoms. The van der Waals surface area contributed by atoms with Crippen LogP contribution in [-0.4, -0.2) is 18.0 Å². The Morgan fingerprint density at radius 1 is 1.28 bits per heavy atom. The van der Waals surface area contributed by atoms with E-state index in [4.69, 9.17) is 4.74 Å². The summed E-state index contributed by atoms with van der Waals surface area (Å²) in [5.41, 5.74) is 1.40. The van der Waals surface area contributed by atoms with Crippen LogP contribution in [0.1, 0.15) is 41.6 Å². The Labute approximate surface area is 106 Å². The van der Waals surface area contributed by atoms with Crippen molar-refractivity contribution in [3.05, 3.63) is 35.1 Å². The molecular formula is C15H17FO2. The fourth-order valence-electron chi connectivity index (χ4n) is 3.15. The third kappa shape index (κ3) is 2.07. The molecule has 1 aromatic carbocycles. The molecule has 1 aromatic rings. The van der Waals surface area contributed by atoms with E-state index in [0.717, 1.165) is 31.2 Å². The van der Waals surface area contributed by atoms with Crippen molar-refractivity contribution >= 4 is 5.78 Å². The number of ketones is 1. The second kappa shape index (κ2) is 4.47. The predicted octanol–water partition coefficient (Wildman–Crippen LogP) is 3.27. The Balaban J connectivity index is 1.84. The van der Waals surface area contributed by atoms with E-state index in [-0.39, 0.29) is 29.7 Å². The molecule has 0 aliphatic carbocycles. The van der Waals surface area contributed by atoms with Gasteiger partial charge in [0.25, 0.3) is 0 Å². The van der Waals surface area contributed by atoms with Gasteiger partial charge in [-0.1, -0.05) is 6.07 Å². The van der Waals surface area contributed by atoms with Crippen molar-refractivity contribution in [2.45, 2.75) is 44.8 Å². The lowest BCUT2D eigenvalue weighted by atomic mass is 9.86. The third-order valence-electron chi connectivity index (χ3n) is 4.13. The quantitative estimate of drug-likeness (QED) is 0.751. The summed E-state index contributed by atoms with van der Waals surface area (Å²) in [7, 11) is 0. The van der Waals surface area contributed by atoms with Gasteiger partial charge in [0.2, 0.25) is 0 Å². The maximum absolute atomic E-state index is 13.3. The lowest BCUT2D eigenvalue weighted by Crippen LogP contribution is -2.30. The Hall–Kier alpha value is -1.22. The van der Waals surface area contributed by atoms with Crippen LogP contribution in [0.2, 0.25) is 0 Å². The van der Waals surface area contributed by atoms with E-state index in [9.17, 15) is 9.18 Å². The largest absolute Gasteiger partial charge is 0.375 e. The maximum Gasteiger partial charge on any atom is 0.166 e. The summed E-state index contributed by atoms with van der Waals surface area (Å²) in [6.07, 6.45) is 4.21. The van der Waals surface area contributed by atoms with E-state index in [1.165, 1.54) is 12.1 Å². The fraction of sp³-hybridized carbons (Fsp3) is 0.533. The molecule has 2 saturated heterocycles. The van der Waals surface area contributed by atoms with Gasteiger partial charge in [0.15, 0.2) is 5.78 Å². The van der Waals surface area contributed by atoms with E-state index in [1.54, 1.807) is 6.07 Å². The molecule has 0 aromatic heterocycles. The van der Waals surface area contributed by atoms with Crippen molar-refractivity contribution < 1.29 is 13.9 Å². The van der Waals surface area contributed by atoms with Crippen molar-refractivity contribution in [1.29, 1.82) is 0 Å². The average molecular weight is 248 g/mol. The van der Waals surface area contributed by atoms with Crippen molar-refractivity contribution in [2.24, 2.45) is 5.92 Å². The number of fused-ring (bicyclic) bond motifs is 2. The Bertz CT molecular complexity index is 471. The van der Waals surface area contributed by atoms with E-state index in [1.807, 2.05) is 6.92 Å². The van der Waals surface area contributed by atoms with Gasteiger partial charge in [-0.05, 0) is 50.3 Å². The number of Topliss-reactive ketones (excluding diaryl/α,β-unsaturated/α-hetero) is 1. The molecule has 2 nitrogen and oxygen atoms in total. The number of halogens is 1. The van der Waals surface area contributed by atoms with Crippen LogP contribution >= 0.6 is 0 Å². The smallest absolute Gasteiger partial charge is 0.166 e. The second-order valence-electron chi connectivity index (χ2n) is 5.45. The minimum Gasteiger partial charge on any atom is -0.375 e. The summed E-state index contributed by atoms with van der Waals surface area (Å²) in [6.45, 7) is 1.86. The highest BCUT2D eigenvalue weighted by molar-refractivity contribution is 5.99. The van der Waals surface area contributed by atoms with Gasteiger partial charge < -0.3 is 4.74 Å². The number of aryl methyl sites for hydroxylation is 1. The fourth-order valence-corrected chi connectivity index (χ4v) is 3.15. The van der Waals surface area contributed by atoms with Crippen LogP contribution in [0.5, 0.6) is 0 Å². The molecule has 2 unspecified atom stereocenters. The first-order valence-electron chi connectivity index (χ1n) is 6.59. The molecule has 0 saturated carbocycles. The van der Waals surface area contributed by atoms with E-state index < -0.39 is 0 Å². The van der Waals surface area contributed by atoms with Crippen molar-refractivity contribution in [3.63, 3.8) is 0 Å². The summed E-state index contributed by atoms with van der Waals surface area (Å²) in [4.78, 5) is 12.5. The Morgan fingerprint density at radius 2 is 1.94 bits per heavy atom. The van der Waals surface area contributed by atoms with Crippen LogP contribution in [-0.2, 0) is 4.74 Å². The standard InChI is InChI=1S/C15H17FO2/c1-9-2-3-11(16)8-14(9)15(17)10-6-12-4-5-13(7-10)18-12/h2-3,8,10,12-13H,4-7H2,1H3. The first-order valence-corrected chi connectivity index (χ1v) is 6.59. The highest BCUT2D eigenvalue weighted by Crippen LogP contribution is 2.37. The molecule has 0 radical (unpaired) electrons. The lowest BCUT2D eigenvalue weighted by molar-refractivity contribution is -0.0149. The molecule has 2 heterocycles. The monoisotopic (exact) mass is 248 g/mol. The van der Waals surface area contributed by atoms with Crippen molar-refractivity contribution in [2.75, 3.05) is 0 Å². The normalized spacial score (nSPS) is 30.4. The number of carbonyl (C=O) groups is 1. The van der Waals surface area contributed by atoms with Crippen LogP contribution in [0.15, 0.2) is 18.2 Å². The Kier molecular flexibility index (Phi) is 2.94. The summed E-state index contributed by atoms with van der Waals surface area (Å²) >= 11 is 0. The molecule has 0 N–H and O–H groups in total. The first kappa shape index (κ1) is 11.8. The van der Waals surface area contributed by atoms with Gasteiger partial charge >= 0.3 is 0 Å². The number of rotatable bonds is 2. The van der Waals surface area contributed by atoms with Crippen LogP contribution in [0.4, 0.5) is 4.39 Å². The van der Waals surface area contributed by atoms with Gasteiger partial charge in [0, 0.05) is 11.5 Å². The van der Waals surface area contributed by atoms with Gasteiger partial charge in [-0.2, -0.15) is 0 Å². The molecule has 0 spiro atoms. The zero-order valence-corrected chi connectivity index (χ0v) is 10.5. The average Bonchev–Trinajstić information content (AvgIpc) is 2.70. The molecule has 2 aliphatic heterocycles. The number of hydrogen-bond donors (Lipinski definition) is 0. The number of hydrogen-bond acceptors (Lipinski definition) is 2. The van der Waals surface area contributed by atoms with Crippen molar-refractivity contribution in [3.8, 4) is 0 Å². The molecule has 2 bridgehead atoms. The minimum atomic E-state index is -0.334. The van der Waals surface area contributed by atoms with Crippen LogP contribution in [0.3, 0.4) is 0 Å². The molecule has 3 rings (SSSR count). The zero-order valence-electron chi connectivity index (χ0n) is 10.5. The molecule has 2 fully saturated rings. The SMILES string of the molecule is Cc1ccc(F)cc1C(=O)C1CC2CCC(C1)O2. The highest BCUT2D eigenvalue weighted by Gasteiger charge is 2.38. The summed E-state index contributed by atoms with van der Waals surface area (Å²) in [5.74, 6) is -0.233. The predicted molar refractivity (Wildman–Crippen MR) is 66.1 cm³/mol. The lowest BCUT2D eigenvalue weighted by Gasteiger charge is -2.27. The Morgan fingerprint density at radius 3 is 2.61 bits per heavy atom.